The number of amides is 1. The van der Waals surface area contributed by atoms with E-state index >= 15 is 0 Å². The fourth-order valence-corrected chi connectivity index (χ4v) is 3.81. The summed E-state index contributed by atoms with van der Waals surface area (Å²) in [5.74, 6) is -0.366. The minimum Gasteiger partial charge on any atom is -0.383 e. The van der Waals surface area contributed by atoms with Crippen LogP contribution >= 0.6 is 0 Å². The molecule has 0 aliphatic carbocycles. The molecule has 0 radical (unpaired) electrons. The van der Waals surface area contributed by atoms with E-state index in [4.69, 9.17) is 4.74 Å². The number of nitriles is 1. The smallest absolute Gasteiger partial charge is 0.262 e. The number of aryl methyl sites for hydroxylation is 1. The first-order valence-electron chi connectivity index (χ1n) is 10.1. The van der Waals surface area contributed by atoms with Crippen molar-refractivity contribution in [2.75, 3.05) is 34.4 Å². The standard InChI is InChI=1S/C24H32N4O2/c1-17-12-21(19(3)28(17)18(2)16-30-6)13-22(14-25)24(29)26-15-23(27(4)5)20-10-8-7-9-11-20/h7-13,18,23H,15-16H2,1-6H3,(H,26,29)/b22-13+. The monoisotopic (exact) mass is 408 g/mol. The first-order chi connectivity index (χ1) is 14.3. The molecule has 0 aliphatic rings. The third-order valence-corrected chi connectivity index (χ3v) is 5.30. The average molecular weight is 409 g/mol. The zero-order valence-corrected chi connectivity index (χ0v) is 18.8. The van der Waals surface area contributed by atoms with Gasteiger partial charge in [-0.05, 0) is 58.1 Å². The van der Waals surface area contributed by atoms with E-state index in [1.807, 2.05) is 64.3 Å². The van der Waals surface area contributed by atoms with Crippen LogP contribution in [0.15, 0.2) is 42.0 Å². The van der Waals surface area contributed by atoms with Gasteiger partial charge in [0, 0.05) is 25.0 Å². The molecule has 30 heavy (non-hydrogen) atoms. The molecule has 160 valence electrons. The highest BCUT2D eigenvalue weighted by Crippen LogP contribution is 2.23. The van der Waals surface area contributed by atoms with Crippen molar-refractivity contribution in [2.24, 2.45) is 0 Å². The second-order valence-corrected chi connectivity index (χ2v) is 7.77. The van der Waals surface area contributed by atoms with Crippen LogP contribution in [-0.4, -0.2) is 49.7 Å². The lowest BCUT2D eigenvalue weighted by molar-refractivity contribution is -0.117. The quantitative estimate of drug-likeness (QED) is 0.508. The number of benzene rings is 1. The fraction of sp³-hybridized carbons (Fsp3) is 0.417. The van der Waals surface area contributed by atoms with Crippen molar-refractivity contribution >= 4 is 12.0 Å². The van der Waals surface area contributed by atoms with Gasteiger partial charge in [-0.25, -0.2) is 0 Å². The SMILES string of the molecule is COCC(C)n1c(C)cc(/C=C(\C#N)C(=O)NCC(c2ccccc2)N(C)C)c1C. The van der Waals surface area contributed by atoms with Gasteiger partial charge in [0.2, 0.25) is 0 Å². The van der Waals surface area contributed by atoms with E-state index in [-0.39, 0.29) is 23.6 Å². The average Bonchev–Trinajstić information content (AvgIpc) is 2.99. The summed E-state index contributed by atoms with van der Waals surface area (Å²) in [4.78, 5) is 14.8. The van der Waals surface area contributed by atoms with Crippen molar-refractivity contribution in [1.29, 1.82) is 5.26 Å². The fourth-order valence-electron chi connectivity index (χ4n) is 3.81. The van der Waals surface area contributed by atoms with Gasteiger partial charge >= 0.3 is 0 Å². The predicted octanol–water partition coefficient (Wildman–Crippen LogP) is 3.64. The summed E-state index contributed by atoms with van der Waals surface area (Å²) in [5, 5.41) is 12.5. The molecule has 6 nitrogen and oxygen atoms in total. The molecular weight excluding hydrogens is 376 g/mol. The summed E-state index contributed by atoms with van der Waals surface area (Å²) >= 11 is 0. The highest BCUT2D eigenvalue weighted by Gasteiger charge is 2.18. The summed E-state index contributed by atoms with van der Waals surface area (Å²) in [7, 11) is 5.63. The predicted molar refractivity (Wildman–Crippen MR) is 120 cm³/mol. The van der Waals surface area contributed by atoms with Crippen LogP contribution in [0.5, 0.6) is 0 Å². The Morgan fingerprint density at radius 3 is 2.53 bits per heavy atom. The van der Waals surface area contributed by atoms with Crippen molar-refractivity contribution in [3.05, 3.63) is 64.5 Å². The van der Waals surface area contributed by atoms with Crippen LogP contribution in [0.25, 0.3) is 6.08 Å². The molecule has 2 rings (SSSR count). The second kappa shape index (κ2) is 10.8. The topological polar surface area (TPSA) is 70.3 Å². The van der Waals surface area contributed by atoms with Crippen molar-refractivity contribution in [3.63, 3.8) is 0 Å². The molecule has 2 atom stereocenters. The van der Waals surface area contributed by atoms with Crippen LogP contribution in [0.4, 0.5) is 0 Å². The number of carbonyl (C=O) groups is 1. The molecule has 0 saturated heterocycles. The van der Waals surface area contributed by atoms with E-state index in [2.05, 4.69) is 27.8 Å². The number of nitrogens with one attached hydrogen (secondary N) is 1. The molecule has 1 N–H and O–H groups in total. The van der Waals surface area contributed by atoms with Crippen LogP contribution in [0.3, 0.4) is 0 Å². The number of aromatic nitrogens is 1. The number of likely N-dealkylation sites (N-methyl/N-ethyl adjacent to an activating group) is 1. The molecule has 1 amide bonds. The number of hydrogen-bond donors (Lipinski definition) is 1. The molecule has 0 saturated carbocycles. The van der Waals surface area contributed by atoms with Gasteiger partial charge < -0.3 is 19.5 Å². The van der Waals surface area contributed by atoms with E-state index in [0.717, 1.165) is 22.5 Å². The van der Waals surface area contributed by atoms with Crippen LogP contribution in [0.1, 0.15) is 41.5 Å². The Kier molecular flexibility index (Phi) is 8.40. The molecule has 2 unspecified atom stereocenters. The van der Waals surface area contributed by atoms with Crippen molar-refractivity contribution in [3.8, 4) is 6.07 Å². The maximum atomic E-state index is 12.7. The first kappa shape index (κ1) is 23.4. The van der Waals surface area contributed by atoms with Crippen molar-refractivity contribution in [1.82, 2.24) is 14.8 Å². The summed E-state index contributed by atoms with van der Waals surface area (Å²) < 4.78 is 7.44. The molecular formula is C24H32N4O2. The maximum Gasteiger partial charge on any atom is 0.262 e. The Labute approximate surface area is 179 Å². The third-order valence-electron chi connectivity index (χ3n) is 5.30. The van der Waals surface area contributed by atoms with Gasteiger partial charge in [0.25, 0.3) is 5.91 Å². The highest BCUT2D eigenvalue weighted by molar-refractivity contribution is 6.01. The Hall–Kier alpha value is -2.88. The van der Waals surface area contributed by atoms with Gasteiger partial charge in [0.1, 0.15) is 11.6 Å². The normalized spacial score (nSPS) is 13.7. The molecule has 0 spiro atoms. The number of nitrogens with zero attached hydrogens (tertiary/aromatic N) is 3. The second-order valence-electron chi connectivity index (χ2n) is 7.77. The summed E-state index contributed by atoms with van der Waals surface area (Å²) in [6.07, 6.45) is 1.67. The summed E-state index contributed by atoms with van der Waals surface area (Å²) in [6.45, 7) is 7.11. The summed E-state index contributed by atoms with van der Waals surface area (Å²) in [6, 6.07) is 14.2. The van der Waals surface area contributed by atoms with E-state index in [9.17, 15) is 10.1 Å². The molecule has 6 heteroatoms. The van der Waals surface area contributed by atoms with Crippen LogP contribution in [0.2, 0.25) is 0 Å². The maximum absolute atomic E-state index is 12.7. The number of carbonyl (C=O) groups excluding carboxylic acids is 1. The zero-order valence-electron chi connectivity index (χ0n) is 18.8. The van der Waals surface area contributed by atoms with Gasteiger partial charge in [0.15, 0.2) is 0 Å². The molecule has 0 bridgehead atoms. The zero-order chi connectivity index (χ0) is 22.3. The van der Waals surface area contributed by atoms with Crippen molar-refractivity contribution in [2.45, 2.75) is 32.9 Å². The lowest BCUT2D eigenvalue weighted by atomic mass is 10.1. The number of hydrogen-bond acceptors (Lipinski definition) is 4. The number of ether oxygens (including phenoxy) is 1. The molecule has 0 fully saturated rings. The Morgan fingerprint density at radius 2 is 1.97 bits per heavy atom. The Morgan fingerprint density at radius 1 is 1.30 bits per heavy atom. The Bertz CT molecular complexity index is 923. The first-order valence-corrected chi connectivity index (χ1v) is 10.1. The molecule has 0 aliphatic heterocycles. The van der Waals surface area contributed by atoms with Gasteiger partial charge in [0.05, 0.1) is 18.7 Å². The van der Waals surface area contributed by atoms with Gasteiger partial charge in [-0.15, -0.1) is 0 Å². The van der Waals surface area contributed by atoms with E-state index in [0.29, 0.717) is 13.2 Å². The minimum absolute atomic E-state index is 0.0232. The molecule has 1 heterocycles. The van der Waals surface area contributed by atoms with Gasteiger partial charge in [-0.2, -0.15) is 5.26 Å². The van der Waals surface area contributed by atoms with E-state index in [1.54, 1.807) is 13.2 Å². The third kappa shape index (κ3) is 5.59. The van der Waals surface area contributed by atoms with Gasteiger partial charge in [-0.1, -0.05) is 30.3 Å². The molecule has 1 aromatic heterocycles. The lowest BCUT2D eigenvalue weighted by Gasteiger charge is -2.25. The largest absolute Gasteiger partial charge is 0.383 e. The van der Waals surface area contributed by atoms with E-state index in [1.165, 1.54) is 0 Å². The minimum atomic E-state index is -0.366. The van der Waals surface area contributed by atoms with E-state index < -0.39 is 0 Å². The lowest BCUT2D eigenvalue weighted by Crippen LogP contribution is -2.35. The van der Waals surface area contributed by atoms with Crippen molar-refractivity contribution < 1.29 is 9.53 Å². The highest BCUT2D eigenvalue weighted by atomic mass is 16.5. The molecule has 1 aromatic carbocycles. The summed E-state index contributed by atoms with van der Waals surface area (Å²) in [5.41, 5.74) is 4.15. The Balaban J connectivity index is 2.19. The van der Waals surface area contributed by atoms with Gasteiger partial charge in [-0.3, -0.25) is 4.79 Å². The van der Waals surface area contributed by atoms with Crippen LogP contribution in [-0.2, 0) is 9.53 Å². The van der Waals surface area contributed by atoms with Crippen LogP contribution < -0.4 is 5.32 Å². The number of rotatable bonds is 9. The molecule has 2 aromatic rings. The van der Waals surface area contributed by atoms with Crippen LogP contribution in [0, 0.1) is 25.2 Å². The number of methoxy groups -OCH3 is 1.